The van der Waals surface area contributed by atoms with Gasteiger partial charge in [0.05, 0.1) is 12.0 Å². The maximum absolute atomic E-state index is 12.7. The highest BCUT2D eigenvalue weighted by atomic mass is 35.5. The van der Waals surface area contributed by atoms with Crippen molar-refractivity contribution in [3.8, 4) is 0 Å². The number of halogens is 1. The molecular weight excluding hydrogens is 302 g/mol. The summed E-state index contributed by atoms with van der Waals surface area (Å²) in [5, 5.41) is 3.63. The highest BCUT2D eigenvalue weighted by Gasteiger charge is 2.43. The van der Waals surface area contributed by atoms with Crippen molar-refractivity contribution in [2.24, 2.45) is 5.92 Å². The van der Waals surface area contributed by atoms with Crippen molar-refractivity contribution in [1.29, 1.82) is 0 Å². The predicted octanol–water partition coefficient (Wildman–Crippen LogP) is 1.54. The summed E-state index contributed by atoms with van der Waals surface area (Å²) in [5.74, 6) is -0.374. The monoisotopic (exact) mass is 323 g/mol. The van der Waals surface area contributed by atoms with Crippen LogP contribution >= 0.6 is 11.6 Å². The lowest BCUT2D eigenvalue weighted by molar-refractivity contribution is -0.135. The van der Waals surface area contributed by atoms with Gasteiger partial charge in [0.1, 0.15) is 0 Å². The Morgan fingerprint density at radius 2 is 2.23 bits per heavy atom. The third-order valence-electron chi connectivity index (χ3n) is 4.17. The van der Waals surface area contributed by atoms with Gasteiger partial charge in [-0.1, -0.05) is 23.7 Å². The molecule has 1 aromatic carbocycles. The molecule has 22 heavy (non-hydrogen) atoms. The number of likely N-dealkylation sites (N-methyl/N-ethyl adjacent to an activating group) is 2. The highest BCUT2D eigenvalue weighted by molar-refractivity contribution is 6.30. The van der Waals surface area contributed by atoms with E-state index < -0.39 is 0 Å². The largest absolute Gasteiger partial charge is 0.344 e. The Morgan fingerprint density at radius 1 is 1.50 bits per heavy atom. The number of rotatable bonds is 5. The molecule has 5 nitrogen and oxygen atoms in total. The van der Waals surface area contributed by atoms with E-state index in [1.807, 2.05) is 25.2 Å². The van der Waals surface area contributed by atoms with Crippen LogP contribution in [0.2, 0.25) is 5.02 Å². The van der Waals surface area contributed by atoms with Gasteiger partial charge >= 0.3 is 0 Å². The van der Waals surface area contributed by atoms with E-state index in [9.17, 15) is 9.59 Å². The zero-order valence-corrected chi connectivity index (χ0v) is 13.9. The number of hydrogen-bond donors (Lipinski definition) is 1. The summed E-state index contributed by atoms with van der Waals surface area (Å²) in [4.78, 5) is 28.1. The van der Waals surface area contributed by atoms with Crippen molar-refractivity contribution in [2.45, 2.75) is 12.5 Å². The second-order valence-electron chi connectivity index (χ2n) is 5.68. The van der Waals surface area contributed by atoms with Crippen LogP contribution in [0.15, 0.2) is 24.3 Å². The van der Waals surface area contributed by atoms with Gasteiger partial charge in [0.25, 0.3) is 0 Å². The summed E-state index contributed by atoms with van der Waals surface area (Å²) >= 11 is 6.06. The molecule has 0 aliphatic carbocycles. The fourth-order valence-electron chi connectivity index (χ4n) is 2.91. The predicted molar refractivity (Wildman–Crippen MR) is 86.6 cm³/mol. The van der Waals surface area contributed by atoms with Crippen molar-refractivity contribution in [3.05, 3.63) is 34.9 Å². The molecule has 2 unspecified atom stereocenters. The third kappa shape index (κ3) is 3.42. The van der Waals surface area contributed by atoms with Crippen LogP contribution in [0, 0.1) is 5.92 Å². The standard InChI is InChI=1S/C16H22ClN3O2/c1-18-7-8-19(2)16(22)13-10-14(21)20(3)15(13)11-5-4-6-12(17)9-11/h4-6,9,13,15,18H,7-8,10H2,1-3H3. The van der Waals surface area contributed by atoms with E-state index in [0.717, 1.165) is 12.1 Å². The fraction of sp³-hybridized carbons (Fsp3) is 0.500. The average molecular weight is 324 g/mol. The Morgan fingerprint density at radius 3 is 2.86 bits per heavy atom. The van der Waals surface area contributed by atoms with E-state index in [2.05, 4.69) is 5.32 Å². The summed E-state index contributed by atoms with van der Waals surface area (Å²) in [6.07, 6.45) is 0.246. The minimum absolute atomic E-state index is 0.00192. The lowest BCUT2D eigenvalue weighted by atomic mass is 9.92. The van der Waals surface area contributed by atoms with Crippen LogP contribution in [0.25, 0.3) is 0 Å². The first-order valence-electron chi connectivity index (χ1n) is 7.36. The number of nitrogens with one attached hydrogen (secondary N) is 1. The molecule has 2 rings (SSSR count). The van der Waals surface area contributed by atoms with Gasteiger partial charge in [0.15, 0.2) is 0 Å². The second kappa shape index (κ2) is 7.11. The number of nitrogens with zero attached hydrogens (tertiary/aromatic N) is 2. The van der Waals surface area contributed by atoms with Crippen molar-refractivity contribution in [2.75, 3.05) is 34.2 Å². The Bertz CT molecular complexity index is 564. The lowest BCUT2D eigenvalue weighted by Gasteiger charge is -2.28. The zero-order chi connectivity index (χ0) is 16.3. The van der Waals surface area contributed by atoms with Crippen molar-refractivity contribution in [3.63, 3.8) is 0 Å². The highest BCUT2D eigenvalue weighted by Crippen LogP contribution is 2.38. The minimum atomic E-state index is -0.363. The number of hydrogen-bond acceptors (Lipinski definition) is 3. The summed E-state index contributed by atoms with van der Waals surface area (Å²) in [6.45, 7) is 1.34. The third-order valence-corrected chi connectivity index (χ3v) is 4.40. The molecule has 0 aromatic heterocycles. The van der Waals surface area contributed by atoms with Gasteiger partial charge < -0.3 is 15.1 Å². The minimum Gasteiger partial charge on any atom is -0.344 e. The molecule has 6 heteroatoms. The summed E-state index contributed by atoms with van der Waals surface area (Å²) in [5.41, 5.74) is 0.904. The number of benzene rings is 1. The van der Waals surface area contributed by atoms with Crippen molar-refractivity contribution < 1.29 is 9.59 Å². The maximum atomic E-state index is 12.7. The van der Waals surface area contributed by atoms with E-state index in [4.69, 9.17) is 11.6 Å². The van der Waals surface area contributed by atoms with Crippen molar-refractivity contribution in [1.82, 2.24) is 15.1 Å². The topological polar surface area (TPSA) is 52.7 Å². The van der Waals surface area contributed by atoms with Gasteiger partial charge in [-0.15, -0.1) is 0 Å². The van der Waals surface area contributed by atoms with E-state index in [1.54, 1.807) is 30.0 Å². The molecular formula is C16H22ClN3O2. The van der Waals surface area contributed by atoms with Crippen LogP contribution in [0.3, 0.4) is 0 Å². The molecule has 0 bridgehead atoms. The molecule has 1 fully saturated rings. The quantitative estimate of drug-likeness (QED) is 0.894. The normalized spacial score (nSPS) is 21.3. The first-order chi connectivity index (χ1) is 10.5. The molecule has 1 heterocycles. The number of amides is 2. The van der Waals surface area contributed by atoms with Crippen LogP contribution in [-0.2, 0) is 9.59 Å². The zero-order valence-electron chi connectivity index (χ0n) is 13.2. The van der Waals surface area contributed by atoms with Crippen LogP contribution in [0.1, 0.15) is 18.0 Å². The SMILES string of the molecule is CNCCN(C)C(=O)C1CC(=O)N(C)C1c1cccc(Cl)c1. The van der Waals surface area contributed by atoms with Gasteiger partial charge in [-0.3, -0.25) is 9.59 Å². The average Bonchev–Trinajstić information content (AvgIpc) is 2.79. The van der Waals surface area contributed by atoms with Crippen LogP contribution in [0.5, 0.6) is 0 Å². The maximum Gasteiger partial charge on any atom is 0.228 e. The number of likely N-dealkylation sites (tertiary alicyclic amines) is 1. The van der Waals surface area contributed by atoms with Gasteiger partial charge in [0, 0.05) is 38.6 Å². The number of carbonyl (C=O) groups is 2. The molecule has 120 valence electrons. The molecule has 1 N–H and O–H groups in total. The fourth-order valence-corrected chi connectivity index (χ4v) is 3.11. The molecule has 2 atom stereocenters. The summed E-state index contributed by atoms with van der Waals surface area (Å²) in [7, 11) is 5.37. The summed E-state index contributed by atoms with van der Waals surface area (Å²) < 4.78 is 0. The molecule has 1 aromatic rings. The molecule has 0 saturated carbocycles. The molecule has 0 radical (unpaired) electrons. The van der Waals surface area contributed by atoms with Gasteiger partial charge in [-0.2, -0.15) is 0 Å². The van der Waals surface area contributed by atoms with E-state index in [0.29, 0.717) is 11.6 Å². The smallest absolute Gasteiger partial charge is 0.228 e. The molecule has 2 amide bonds. The van der Waals surface area contributed by atoms with Crippen LogP contribution in [0.4, 0.5) is 0 Å². The molecule has 1 aliphatic heterocycles. The molecule has 0 spiro atoms. The van der Waals surface area contributed by atoms with Crippen molar-refractivity contribution >= 4 is 23.4 Å². The first kappa shape index (κ1) is 16.8. The summed E-state index contributed by atoms with van der Waals surface area (Å²) in [6, 6.07) is 7.13. The molecule has 1 aliphatic rings. The van der Waals surface area contributed by atoms with Gasteiger partial charge in [0.2, 0.25) is 11.8 Å². The first-order valence-corrected chi connectivity index (χ1v) is 7.74. The van der Waals surface area contributed by atoms with E-state index >= 15 is 0 Å². The molecule has 1 saturated heterocycles. The van der Waals surface area contributed by atoms with Crippen LogP contribution < -0.4 is 5.32 Å². The van der Waals surface area contributed by atoms with Crippen LogP contribution in [-0.4, -0.2) is 55.8 Å². The van der Waals surface area contributed by atoms with E-state index in [1.165, 1.54) is 0 Å². The Kier molecular flexibility index (Phi) is 5.42. The van der Waals surface area contributed by atoms with Gasteiger partial charge in [-0.25, -0.2) is 0 Å². The second-order valence-corrected chi connectivity index (χ2v) is 6.11. The van der Waals surface area contributed by atoms with E-state index in [-0.39, 0.29) is 30.2 Å². The Hall–Kier alpha value is -1.59. The van der Waals surface area contributed by atoms with Gasteiger partial charge in [-0.05, 0) is 24.7 Å². The Labute approximate surface area is 136 Å². The Balaban J connectivity index is 2.25. The number of carbonyl (C=O) groups excluding carboxylic acids is 2. The lowest BCUT2D eigenvalue weighted by Crippen LogP contribution is -2.39.